The maximum absolute atomic E-state index is 11.9. The Morgan fingerprint density at radius 3 is 2.63 bits per heavy atom. The Morgan fingerprint density at radius 1 is 1.32 bits per heavy atom. The average molecular weight is 264 g/mol. The molecule has 2 heterocycles. The molecule has 1 aromatic heterocycles. The van der Waals surface area contributed by atoms with Crippen molar-refractivity contribution in [2.75, 3.05) is 18.4 Å². The van der Waals surface area contributed by atoms with Crippen LogP contribution in [0.2, 0.25) is 0 Å². The topological polar surface area (TPSA) is 71.3 Å². The average Bonchev–Trinajstić information content (AvgIpc) is 3.19. The fourth-order valence-electron chi connectivity index (χ4n) is 2.46. The van der Waals surface area contributed by atoms with E-state index in [1.54, 1.807) is 0 Å². The molecule has 3 rings (SSSR count). The van der Waals surface area contributed by atoms with Gasteiger partial charge in [0.15, 0.2) is 0 Å². The van der Waals surface area contributed by atoms with Crippen LogP contribution in [0.1, 0.15) is 38.5 Å². The minimum atomic E-state index is 0.326. The lowest BCUT2D eigenvalue weighted by atomic mass is 10.0. The molecule has 1 aliphatic heterocycles. The predicted octanol–water partition coefficient (Wildman–Crippen LogP) is 1.44. The number of piperidine rings is 1. The van der Waals surface area contributed by atoms with Crippen LogP contribution in [0.4, 0.5) is 6.01 Å². The summed E-state index contributed by atoms with van der Waals surface area (Å²) in [7, 11) is 0. The summed E-state index contributed by atoms with van der Waals surface area (Å²) in [6.45, 7) is 3.66. The van der Waals surface area contributed by atoms with E-state index in [-0.39, 0.29) is 0 Å². The van der Waals surface area contributed by atoms with E-state index in [0.29, 0.717) is 29.8 Å². The van der Waals surface area contributed by atoms with Gasteiger partial charge in [-0.3, -0.25) is 4.79 Å². The first-order chi connectivity index (χ1) is 9.26. The van der Waals surface area contributed by atoms with E-state index in [0.717, 1.165) is 45.2 Å². The molecule has 1 N–H and O–H groups in total. The quantitative estimate of drug-likeness (QED) is 0.891. The van der Waals surface area contributed by atoms with E-state index in [9.17, 15) is 4.79 Å². The minimum Gasteiger partial charge on any atom is -0.408 e. The van der Waals surface area contributed by atoms with Gasteiger partial charge in [-0.05, 0) is 25.7 Å². The lowest BCUT2D eigenvalue weighted by Crippen LogP contribution is -2.43. The van der Waals surface area contributed by atoms with Gasteiger partial charge in [-0.2, -0.15) is 0 Å². The van der Waals surface area contributed by atoms with Crippen molar-refractivity contribution in [3.63, 3.8) is 0 Å². The molecule has 6 nitrogen and oxygen atoms in total. The summed E-state index contributed by atoms with van der Waals surface area (Å²) < 4.78 is 5.44. The molecule has 0 atom stereocenters. The van der Waals surface area contributed by atoms with Crippen LogP contribution in [0.5, 0.6) is 0 Å². The molecule has 0 radical (unpaired) electrons. The number of nitrogens with zero attached hydrogens (tertiary/aromatic N) is 3. The third kappa shape index (κ3) is 2.88. The van der Waals surface area contributed by atoms with E-state index < -0.39 is 0 Å². The van der Waals surface area contributed by atoms with E-state index >= 15 is 0 Å². The molecule has 104 valence electrons. The van der Waals surface area contributed by atoms with Gasteiger partial charge >= 0.3 is 6.01 Å². The lowest BCUT2D eigenvalue weighted by molar-refractivity contribution is -0.133. The number of nitrogens with one attached hydrogen (secondary N) is 1. The summed E-state index contributed by atoms with van der Waals surface area (Å²) >= 11 is 0. The van der Waals surface area contributed by atoms with E-state index in [2.05, 4.69) is 15.5 Å². The molecule has 1 saturated carbocycles. The van der Waals surface area contributed by atoms with Gasteiger partial charge in [0.25, 0.3) is 0 Å². The smallest absolute Gasteiger partial charge is 0.315 e. The van der Waals surface area contributed by atoms with Crippen LogP contribution in [-0.2, 0) is 11.2 Å². The zero-order chi connectivity index (χ0) is 13.2. The molecule has 1 saturated heterocycles. The van der Waals surface area contributed by atoms with Crippen molar-refractivity contribution in [1.82, 2.24) is 15.1 Å². The lowest BCUT2D eigenvalue weighted by Gasteiger charge is -2.32. The van der Waals surface area contributed by atoms with Gasteiger partial charge in [0.05, 0.1) is 0 Å². The molecule has 0 unspecified atom stereocenters. The fraction of sp³-hybridized carbons (Fsp3) is 0.769. The third-order valence-electron chi connectivity index (χ3n) is 3.83. The molecule has 19 heavy (non-hydrogen) atoms. The first kappa shape index (κ1) is 12.4. The van der Waals surface area contributed by atoms with Crippen LogP contribution in [0.15, 0.2) is 4.42 Å². The Hall–Kier alpha value is -1.59. The first-order valence-electron chi connectivity index (χ1n) is 7.14. The van der Waals surface area contributed by atoms with Gasteiger partial charge in [0, 0.05) is 31.5 Å². The number of rotatable bonds is 4. The summed E-state index contributed by atoms with van der Waals surface area (Å²) in [5, 5.41) is 11.2. The minimum absolute atomic E-state index is 0.326. The number of aromatic nitrogens is 2. The van der Waals surface area contributed by atoms with Crippen molar-refractivity contribution in [2.24, 2.45) is 5.92 Å². The Morgan fingerprint density at radius 2 is 2.05 bits per heavy atom. The van der Waals surface area contributed by atoms with Crippen LogP contribution >= 0.6 is 0 Å². The molecule has 0 spiro atoms. The summed E-state index contributed by atoms with van der Waals surface area (Å²) in [5.41, 5.74) is 0. The molecule has 6 heteroatoms. The number of carbonyl (C=O) groups is 1. The van der Waals surface area contributed by atoms with Gasteiger partial charge in [-0.15, -0.1) is 5.10 Å². The number of aryl methyl sites for hydroxylation is 1. The van der Waals surface area contributed by atoms with Crippen LogP contribution < -0.4 is 5.32 Å². The van der Waals surface area contributed by atoms with Crippen LogP contribution in [0, 0.1) is 5.92 Å². The van der Waals surface area contributed by atoms with Crippen molar-refractivity contribution >= 4 is 11.9 Å². The summed E-state index contributed by atoms with van der Waals surface area (Å²) in [6, 6.07) is 0.831. The van der Waals surface area contributed by atoms with Gasteiger partial charge in [-0.1, -0.05) is 12.0 Å². The van der Waals surface area contributed by atoms with Gasteiger partial charge in [-0.25, -0.2) is 0 Å². The predicted molar refractivity (Wildman–Crippen MR) is 69.6 cm³/mol. The van der Waals surface area contributed by atoms with E-state index in [1.807, 2.05) is 11.8 Å². The van der Waals surface area contributed by atoms with Crippen molar-refractivity contribution < 1.29 is 9.21 Å². The maximum Gasteiger partial charge on any atom is 0.315 e. The first-order valence-corrected chi connectivity index (χ1v) is 7.14. The van der Waals surface area contributed by atoms with Gasteiger partial charge in [0.1, 0.15) is 0 Å². The zero-order valence-electron chi connectivity index (χ0n) is 11.3. The Balaban J connectivity index is 1.48. The Bertz CT molecular complexity index is 447. The molecule has 0 aromatic carbocycles. The number of hydrogen-bond donors (Lipinski definition) is 1. The number of likely N-dealkylation sites (tertiary alicyclic amines) is 1. The van der Waals surface area contributed by atoms with Crippen molar-refractivity contribution in [3.05, 3.63) is 5.89 Å². The number of amides is 1. The van der Waals surface area contributed by atoms with Crippen molar-refractivity contribution in [2.45, 2.75) is 45.1 Å². The van der Waals surface area contributed by atoms with E-state index in [4.69, 9.17) is 4.42 Å². The van der Waals surface area contributed by atoms with Gasteiger partial charge in [0.2, 0.25) is 11.8 Å². The van der Waals surface area contributed by atoms with E-state index in [1.165, 1.54) is 0 Å². The number of hydrogen-bond acceptors (Lipinski definition) is 5. The fourth-order valence-corrected chi connectivity index (χ4v) is 2.46. The highest BCUT2D eigenvalue weighted by molar-refractivity contribution is 5.81. The second-order valence-corrected chi connectivity index (χ2v) is 5.37. The SMILES string of the molecule is CCc1nnc(NC2CCN(C(=O)C3CC3)CC2)o1. The van der Waals surface area contributed by atoms with Crippen LogP contribution in [-0.4, -0.2) is 40.1 Å². The Kier molecular flexibility index (Phi) is 3.40. The molecule has 1 aromatic rings. The monoisotopic (exact) mass is 264 g/mol. The molecule has 1 amide bonds. The molecular formula is C13H20N4O2. The molecular weight excluding hydrogens is 244 g/mol. The van der Waals surface area contributed by atoms with Crippen molar-refractivity contribution in [1.29, 1.82) is 0 Å². The van der Waals surface area contributed by atoms with Crippen LogP contribution in [0.3, 0.4) is 0 Å². The van der Waals surface area contributed by atoms with Crippen LogP contribution in [0.25, 0.3) is 0 Å². The highest BCUT2D eigenvalue weighted by Crippen LogP contribution is 2.32. The number of carbonyl (C=O) groups excluding carboxylic acids is 1. The highest BCUT2D eigenvalue weighted by Gasteiger charge is 2.35. The summed E-state index contributed by atoms with van der Waals surface area (Å²) in [4.78, 5) is 13.9. The molecule has 2 aliphatic rings. The Labute approximate surface area is 112 Å². The molecule has 1 aliphatic carbocycles. The maximum atomic E-state index is 11.9. The largest absolute Gasteiger partial charge is 0.408 e. The standard InChI is InChI=1S/C13H20N4O2/c1-2-11-15-16-13(19-11)14-10-5-7-17(8-6-10)12(18)9-3-4-9/h9-10H,2-8H2,1H3,(H,14,16). The summed E-state index contributed by atoms with van der Waals surface area (Å²) in [6.07, 6.45) is 4.81. The van der Waals surface area contributed by atoms with Gasteiger partial charge < -0.3 is 14.6 Å². The second kappa shape index (κ2) is 5.19. The summed E-state index contributed by atoms with van der Waals surface area (Å²) in [5.74, 6) is 1.33. The molecule has 0 bridgehead atoms. The second-order valence-electron chi connectivity index (χ2n) is 5.37. The molecule has 2 fully saturated rings. The van der Waals surface area contributed by atoms with Crippen molar-refractivity contribution in [3.8, 4) is 0 Å². The number of anilines is 1. The highest BCUT2D eigenvalue weighted by atomic mass is 16.4. The third-order valence-corrected chi connectivity index (χ3v) is 3.83. The zero-order valence-corrected chi connectivity index (χ0v) is 11.3. The normalized spacial score (nSPS) is 20.6.